The zero-order valence-corrected chi connectivity index (χ0v) is 17.1. The number of nitrogens with one attached hydrogen (secondary N) is 1. The van der Waals surface area contributed by atoms with E-state index in [0.717, 1.165) is 11.3 Å². The molecule has 0 aliphatic heterocycles. The van der Waals surface area contributed by atoms with Gasteiger partial charge in [-0.2, -0.15) is 5.26 Å². The van der Waals surface area contributed by atoms with E-state index < -0.39 is 11.9 Å². The first-order valence-electron chi connectivity index (χ1n) is 7.91. The van der Waals surface area contributed by atoms with Gasteiger partial charge in [0, 0.05) is 16.1 Å². The topological polar surface area (TPSA) is 79.2 Å². The highest BCUT2D eigenvalue weighted by Gasteiger charge is 2.22. The van der Waals surface area contributed by atoms with Crippen LogP contribution in [0, 0.1) is 18.3 Å². The first-order valence-corrected chi connectivity index (χ1v) is 9.48. The van der Waals surface area contributed by atoms with Crippen molar-refractivity contribution < 1.29 is 14.3 Å². The maximum atomic E-state index is 12.2. The highest BCUT2D eigenvalue weighted by molar-refractivity contribution is 7.18. The molecule has 8 heteroatoms. The van der Waals surface area contributed by atoms with Crippen molar-refractivity contribution in [1.29, 1.82) is 5.26 Å². The van der Waals surface area contributed by atoms with Crippen LogP contribution in [0.15, 0.2) is 24.3 Å². The number of ether oxygens (including phenoxy) is 1. The fourth-order valence-corrected chi connectivity index (χ4v) is 3.67. The molecule has 2 rings (SSSR count). The van der Waals surface area contributed by atoms with Gasteiger partial charge in [-0.25, -0.2) is 4.79 Å². The number of rotatable bonds is 5. The van der Waals surface area contributed by atoms with Crippen LogP contribution in [-0.2, 0) is 9.53 Å². The third-order valence-electron chi connectivity index (χ3n) is 3.40. The number of benzene rings is 1. The Labute approximate surface area is 171 Å². The standard InChI is InChI=1S/C19H16Cl2N2O3S/c1-10(2)26-19(25)17-11(3)14(9-22)18(27-17)23-16(24)7-5-12-4-6-13(20)8-15(12)21/h4-8,10H,1-3H3,(H,23,24). The van der Waals surface area contributed by atoms with Crippen LogP contribution in [0.4, 0.5) is 5.00 Å². The summed E-state index contributed by atoms with van der Waals surface area (Å²) in [5.74, 6) is -0.976. The van der Waals surface area contributed by atoms with Crippen molar-refractivity contribution >= 4 is 57.5 Å². The Morgan fingerprint density at radius 3 is 2.63 bits per heavy atom. The molecule has 0 fully saturated rings. The van der Waals surface area contributed by atoms with Gasteiger partial charge in [-0.05, 0) is 50.1 Å². The van der Waals surface area contributed by atoms with Crippen LogP contribution < -0.4 is 5.32 Å². The highest BCUT2D eigenvalue weighted by atomic mass is 35.5. The molecule has 0 saturated carbocycles. The smallest absolute Gasteiger partial charge is 0.348 e. The van der Waals surface area contributed by atoms with E-state index >= 15 is 0 Å². The van der Waals surface area contributed by atoms with Crippen molar-refractivity contribution in [2.24, 2.45) is 0 Å². The second-order valence-corrected chi connectivity index (χ2v) is 7.68. The molecule has 5 nitrogen and oxygen atoms in total. The Hall–Kier alpha value is -2.33. The molecular weight excluding hydrogens is 407 g/mol. The molecule has 140 valence electrons. The molecule has 0 aliphatic carbocycles. The number of carbonyl (C=O) groups excluding carboxylic acids is 2. The van der Waals surface area contributed by atoms with Gasteiger partial charge < -0.3 is 10.1 Å². The first kappa shape index (κ1) is 21.0. The summed E-state index contributed by atoms with van der Waals surface area (Å²) in [5.41, 5.74) is 1.34. The van der Waals surface area contributed by atoms with E-state index in [1.165, 1.54) is 12.2 Å². The average molecular weight is 423 g/mol. The van der Waals surface area contributed by atoms with Crippen molar-refractivity contribution in [3.63, 3.8) is 0 Å². The van der Waals surface area contributed by atoms with Gasteiger partial charge in [0.2, 0.25) is 5.91 Å². The van der Waals surface area contributed by atoms with E-state index in [0.29, 0.717) is 31.1 Å². The SMILES string of the molecule is Cc1c(C(=O)OC(C)C)sc(NC(=O)C=Cc2ccc(Cl)cc2Cl)c1C#N. The second kappa shape index (κ2) is 9.05. The minimum Gasteiger partial charge on any atom is -0.459 e. The fourth-order valence-electron chi connectivity index (χ4n) is 2.15. The van der Waals surface area contributed by atoms with Gasteiger partial charge in [0.1, 0.15) is 15.9 Å². The zero-order chi connectivity index (χ0) is 20.1. The lowest BCUT2D eigenvalue weighted by molar-refractivity contribution is -0.111. The number of thiophene rings is 1. The normalized spacial score (nSPS) is 10.9. The summed E-state index contributed by atoms with van der Waals surface area (Å²) in [6.07, 6.45) is 2.54. The Kier molecular flexibility index (Phi) is 7.03. The molecule has 0 radical (unpaired) electrons. The number of hydrogen-bond acceptors (Lipinski definition) is 5. The summed E-state index contributed by atoms with van der Waals surface area (Å²) in [5, 5.41) is 13.2. The van der Waals surface area contributed by atoms with Gasteiger partial charge in [0.15, 0.2) is 0 Å². The molecular formula is C19H16Cl2N2O3S. The monoisotopic (exact) mass is 422 g/mol. The Morgan fingerprint density at radius 1 is 1.33 bits per heavy atom. The number of hydrogen-bond donors (Lipinski definition) is 1. The maximum absolute atomic E-state index is 12.2. The van der Waals surface area contributed by atoms with Gasteiger partial charge in [0.05, 0.1) is 11.7 Å². The number of nitrogens with zero attached hydrogens (tertiary/aromatic N) is 1. The van der Waals surface area contributed by atoms with Crippen LogP contribution in [-0.4, -0.2) is 18.0 Å². The van der Waals surface area contributed by atoms with E-state index in [-0.39, 0.29) is 11.7 Å². The van der Waals surface area contributed by atoms with Crippen LogP contribution in [0.3, 0.4) is 0 Å². The van der Waals surface area contributed by atoms with Crippen molar-refractivity contribution in [3.8, 4) is 6.07 Å². The number of esters is 1. The Morgan fingerprint density at radius 2 is 2.04 bits per heavy atom. The predicted molar refractivity (Wildman–Crippen MR) is 108 cm³/mol. The summed E-state index contributed by atoms with van der Waals surface area (Å²) < 4.78 is 5.17. The fraction of sp³-hybridized carbons (Fsp3) is 0.211. The van der Waals surface area contributed by atoms with Crippen LogP contribution in [0.1, 0.15) is 40.2 Å². The number of halogens is 2. The Bertz CT molecular complexity index is 959. The minimum absolute atomic E-state index is 0.238. The second-order valence-electron chi connectivity index (χ2n) is 5.81. The predicted octanol–water partition coefficient (Wildman–Crippen LogP) is 5.45. The van der Waals surface area contributed by atoms with Crippen LogP contribution >= 0.6 is 34.5 Å². The largest absolute Gasteiger partial charge is 0.459 e. The van der Waals surface area contributed by atoms with Gasteiger partial charge in [-0.15, -0.1) is 11.3 Å². The number of carbonyl (C=O) groups is 2. The molecule has 0 saturated heterocycles. The molecule has 0 bridgehead atoms. The van der Waals surface area contributed by atoms with Crippen molar-refractivity contribution in [3.05, 3.63) is 55.9 Å². The van der Waals surface area contributed by atoms with E-state index in [1.807, 2.05) is 6.07 Å². The lowest BCUT2D eigenvalue weighted by Crippen LogP contribution is -2.11. The van der Waals surface area contributed by atoms with Gasteiger partial charge in [-0.3, -0.25) is 4.79 Å². The molecule has 0 unspecified atom stereocenters. The van der Waals surface area contributed by atoms with Crippen LogP contribution in [0.25, 0.3) is 6.08 Å². The summed E-state index contributed by atoms with van der Waals surface area (Å²) in [7, 11) is 0. The lowest BCUT2D eigenvalue weighted by Gasteiger charge is -2.06. The van der Waals surface area contributed by atoms with Gasteiger partial charge >= 0.3 is 5.97 Å². The zero-order valence-electron chi connectivity index (χ0n) is 14.8. The Balaban J connectivity index is 2.21. The molecule has 0 spiro atoms. The van der Waals surface area contributed by atoms with Crippen molar-refractivity contribution in [1.82, 2.24) is 0 Å². The number of nitriles is 1. The quantitative estimate of drug-likeness (QED) is 0.512. The van der Waals surface area contributed by atoms with Gasteiger partial charge in [0.25, 0.3) is 0 Å². The van der Waals surface area contributed by atoms with Crippen LogP contribution in [0.5, 0.6) is 0 Å². The number of anilines is 1. The molecule has 1 N–H and O–H groups in total. The molecule has 1 heterocycles. The third kappa shape index (κ3) is 5.33. The van der Waals surface area contributed by atoms with E-state index in [9.17, 15) is 14.9 Å². The molecule has 1 aromatic heterocycles. The van der Waals surface area contributed by atoms with Crippen molar-refractivity contribution in [2.45, 2.75) is 26.9 Å². The highest BCUT2D eigenvalue weighted by Crippen LogP contribution is 2.33. The molecule has 0 aliphatic rings. The molecule has 1 amide bonds. The van der Waals surface area contributed by atoms with E-state index in [1.54, 1.807) is 39.0 Å². The van der Waals surface area contributed by atoms with Gasteiger partial charge in [-0.1, -0.05) is 29.3 Å². The lowest BCUT2D eigenvalue weighted by atomic mass is 10.1. The molecule has 0 atom stereocenters. The number of amides is 1. The maximum Gasteiger partial charge on any atom is 0.348 e. The first-order chi connectivity index (χ1) is 12.7. The van der Waals surface area contributed by atoms with Crippen LogP contribution in [0.2, 0.25) is 10.0 Å². The molecule has 27 heavy (non-hydrogen) atoms. The van der Waals surface area contributed by atoms with E-state index in [4.69, 9.17) is 27.9 Å². The summed E-state index contributed by atoms with van der Waals surface area (Å²) >= 11 is 12.9. The summed E-state index contributed by atoms with van der Waals surface area (Å²) in [6, 6.07) is 6.93. The summed E-state index contributed by atoms with van der Waals surface area (Å²) in [6.45, 7) is 5.12. The summed E-state index contributed by atoms with van der Waals surface area (Å²) in [4.78, 5) is 24.7. The minimum atomic E-state index is -0.520. The van der Waals surface area contributed by atoms with Crippen molar-refractivity contribution in [2.75, 3.05) is 5.32 Å². The molecule has 1 aromatic carbocycles. The third-order valence-corrected chi connectivity index (χ3v) is 5.15. The average Bonchev–Trinajstić information content (AvgIpc) is 2.89. The molecule has 2 aromatic rings. The van der Waals surface area contributed by atoms with E-state index in [2.05, 4.69) is 5.32 Å².